The molecule has 6 nitrogen and oxygen atoms in total. The number of ether oxygens (including phenoxy) is 3. The number of carbonyl (C=O) groups is 2. The average molecular weight is 431 g/mol. The van der Waals surface area contributed by atoms with Gasteiger partial charge in [0.25, 0.3) is 0 Å². The fraction of sp³-hybridized carbons (Fsp3) is 0.304. The topological polar surface area (TPSA) is 82.1 Å². The number of benzene rings is 2. The minimum atomic E-state index is -0.740. The zero-order chi connectivity index (χ0) is 21.3. The molecule has 1 heterocycles. The van der Waals surface area contributed by atoms with Gasteiger partial charge in [-0.25, -0.2) is 4.79 Å². The van der Waals surface area contributed by atoms with Crippen LogP contribution in [-0.4, -0.2) is 30.1 Å². The molecule has 0 bridgehead atoms. The zero-order valence-electron chi connectivity index (χ0n) is 16.4. The average Bonchev–Trinajstić information content (AvgIpc) is 3.09. The number of esters is 1. The number of para-hydroxylation sites is 2. The lowest BCUT2D eigenvalue weighted by molar-refractivity contribution is -0.137. The molecule has 0 aliphatic carbocycles. The standard InChI is InChI=1S/C23H23ClO6/c24-17-11-9-16(10-12-17)14-29-21-8-4-3-7-20(21)28-13-5-1-2-6-18(25)22-19(26)15-30-23(22)27/h3-4,7-12,26H,1-2,5-6,13-15H2. The molecule has 30 heavy (non-hydrogen) atoms. The van der Waals surface area contributed by atoms with Crippen LogP contribution in [-0.2, 0) is 20.9 Å². The van der Waals surface area contributed by atoms with Crippen molar-refractivity contribution in [1.29, 1.82) is 0 Å². The summed E-state index contributed by atoms with van der Waals surface area (Å²) in [6.45, 7) is 0.670. The molecule has 1 aliphatic rings. The fourth-order valence-electron chi connectivity index (χ4n) is 2.97. The van der Waals surface area contributed by atoms with Crippen molar-refractivity contribution in [2.75, 3.05) is 13.2 Å². The fourth-order valence-corrected chi connectivity index (χ4v) is 3.10. The van der Waals surface area contributed by atoms with E-state index < -0.39 is 5.97 Å². The van der Waals surface area contributed by atoms with E-state index in [1.807, 2.05) is 48.5 Å². The maximum Gasteiger partial charge on any atom is 0.345 e. The van der Waals surface area contributed by atoms with Gasteiger partial charge in [0.2, 0.25) is 0 Å². The van der Waals surface area contributed by atoms with E-state index in [1.54, 1.807) is 0 Å². The van der Waals surface area contributed by atoms with Crippen LogP contribution in [0.1, 0.15) is 31.2 Å². The highest BCUT2D eigenvalue weighted by atomic mass is 35.5. The number of hydrogen-bond donors (Lipinski definition) is 1. The SMILES string of the molecule is O=C(CCCCCOc1ccccc1OCc1ccc(Cl)cc1)C1=C(O)COC1=O. The Hall–Kier alpha value is -2.99. The lowest BCUT2D eigenvalue weighted by Gasteiger charge is -2.12. The van der Waals surface area contributed by atoms with Crippen LogP contribution in [0, 0.1) is 0 Å². The van der Waals surface area contributed by atoms with Gasteiger partial charge < -0.3 is 19.3 Å². The highest BCUT2D eigenvalue weighted by Gasteiger charge is 2.30. The van der Waals surface area contributed by atoms with Crippen LogP contribution in [0.15, 0.2) is 59.9 Å². The predicted octanol–water partition coefficient (Wildman–Crippen LogP) is 4.80. The van der Waals surface area contributed by atoms with E-state index in [4.69, 9.17) is 21.1 Å². The van der Waals surface area contributed by atoms with Gasteiger partial charge >= 0.3 is 5.97 Å². The number of aliphatic hydroxyl groups is 1. The van der Waals surface area contributed by atoms with Gasteiger partial charge in [-0.15, -0.1) is 0 Å². The van der Waals surface area contributed by atoms with E-state index in [9.17, 15) is 14.7 Å². The molecule has 1 N–H and O–H groups in total. The molecule has 0 amide bonds. The Morgan fingerprint density at radius 3 is 2.37 bits per heavy atom. The highest BCUT2D eigenvalue weighted by molar-refractivity contribution is 6.30. The van der Waals surface area contributed by atoms with Crippen LogP contribution >= 0.6 is 11.6 Å². The third kappa shape index (κ3) is 6.00. The van der Waals surface area contributed by atoms with Crippen molar-refractivity contribution in [3.05, 3.63) is 70.4 Å². The minimum Gasteiger partial charge on any atom is -0.508 e. The molecule has 0 aromatic heterocycles. The number of cyclic esters (lactones) is 1. The molecule has 158 valence electrons. The zero-order valence-corrected chi connectivity index (χ0v) is 17.2. The number of unbranched alkanes of at least 4 members (excludes halogenated alkanes) is 2. The van der Waals surface area contributed by atoms with Crippen molar-refractivity contribution in [2.45, 2.75) is 32.3 Å². The number of Topliss-reactive ketones (excluding diaryl/α,β-unsaturated/α-hetero) is 1. The lowest BCUT2D eigenvalue weighted by Crippen LogP contribution is -2.11. The molecule has 3 rings (SSSR count). The first-order valence-electron chi connectivity index (χ1n) is 9.76. The molecule has 2 aromatic carbocycles. The second-order valence-corrected chi connectivity index (χ2v) is 7.28. The van der Waals surface area contributed by atoms with Gasteiger partial charge in [0.15, 0.2) is 17.3 Å². The summed E-state index contributed by atoms with van der Waals surface area (Å²) >= 11 is 5.90. The summed E-state index contributed by atoms with van der Waals surface area (Å²) < 4.78 is 16.3. The monoisotopic (exact) mass is 430 g/mol. The van der Waals surface area contributed by atoms with Gasteiger partial charge in [0.1, 0.15) is 24.5 Å². The number of carbonyl (C=O) groups excluding carboxylic acids is 2. The molecule has 0 saturated heterocycles. The highest BCUT2D eigenvalue weighted by Crippen LogP contribution is 2.28. The Morgan fingerprint density at radius 2 is 1.70 bits per heavy atom. The largest absolute Gasteiger partial charge is 0.508 e. The van der Waals surface area contributed by atoms with Crippen molar-refractivity contribution < 1.29 is 28.9 Å². The van der Waals surface area contributed by atoms with Gasteiger partial charge in [-0.2, -0.15) is 0 Å². The predicted molar refractivity (Wildman–Crippen MR) is 112 cm³/mol. The Kier molecular flexibility index (Phi) is 7.74. The Morgan fingerprint density at radius 1 is 1.00 bits per heavy atom. The maximum absolute atomic E-state index is 12.0. The van der Waals surface area contributed by atoms with Crippen molar-refractivity contribution in [1.82, 2.24) is 0 Å². The molecule has 0 fully saturated rings. The van der Waals surface area contributed by atoms with E-state index in [1.165, 1.54) is 0 Å². The summed E-state index contributed by atoms with van der Waals surface area (Å²) in [5.74, 6) is -0.0763. The number of hydrogen-bond acceptors (Lipinski definition) is 6. The summed E-state index contributed by atoms with van der Waals surface area (Å²) in [4.78, 5) is 23.4. The quantitative estimate of drug-likeness (QED) is 0.313. The summed E-state index contributed by atoms with van der Waals surface area (Å²) in [5, 5.41) is 10.2. The molecule has 7 heteroatoms. The molecule has 1 aliphatic heterocycles. The van der Waals surface area contributed by atoms with E-state index in [-0.39, 0.29) is 30.1 Å². The first-order chi connectivity index (χ1) is 14.5. The van der Waals surface area contributed by atoms with Crippen LogP contribution in [0.25, 0.3) is 0 Å². The minimum absolute atomic E-state index is 0.190. The smallest absolute Gasteiger partial charge is 0.345 e. The molecular weight excluding hydrogens is 408 g/mol. The van der Waals surface area contributed by atoms with Crippen LogP contribution in [0.4, 0.5) is 0 Å². The summed E-state index contributed by atoms with van der Waals surface area (Å²) in [5.41, 5.74) is 0.796. The second kappa shape index (κ2) is 10.7. The Balaban J connectivity index is 1.39. The summed E-state index contributed by atoms with van der Waals surface area (Å²) in [7, 11) is 0. The molecule has 0 unspecified atom stereocenters. The second-order valence-electron chi connectivity index (χ2n) is 6.84. The van der Waals surface area contributed by atoms with Crippen LogP contribution < -0.4 is 9.47 Å². The first-order valence-corrected chi connectivity index (χ1v) is 10.1. The molecule has 0 spiro atoms. The lowest BCUT2D eigenvalue weighted by atomic mass is 10.0. The van der Waals surface area contributed by atoms with Crippen LogP contribution in [0.5, 0.6) is 11.5 Å². The maximum atomic E-state index is 12.0. The summed E-state index contributed by atoms with van der Waals surface area (Å²) in [6.07, 6.45) is 2.28. The molecule has 0 atom stereocenters. The van der Waals surface area contributed by atoms with Crippen LogP contribution in [0.2, 0.25) is 5.02 Å². The first kappa shape index (κ1) is 21.7. The van der Waals surface area contributed by atoms with Crippen LogP contribution in [0.3, 0.4) is 0 Å². The molecular formula is C23H23ClO6. The van der Waals surface area contributed by atoms with Gasteiger partial charge in [-0.05, 0) is 49.1 Å². The Labute approximate surface area is 180 Å². The van der Waals surface area contributed by atoms with Crippen molar-refractivity contribution in [3.63, 3.8) is 0 Å². The third-order valence-electron chi connectivity index (χ3n) is 4.57. The van der Waals surface area contributed by atoms with E-state index in [2.05, 4.69) is 4.74 Å². The molecule has 2 aromatic rings. The normalized spacial score (nSPS) is 13.3. The van der Waals surface area contributed by atoms with Crippen molar-refractivity contribution in [3.8, 4) is 11.5 Å². The molecule has 0 saturated carbocycles. The van der Waals surface area contributed by atoms with Gasteiger partial charge in [0, 0.05) is 11.4 Å². The summed E-state index contributed by atoms with van der Waals surface area (Å²) in [6, 6.07) is 14.9. The molecule has 0 radical (unpaired) electrons. The number of halogens is 1. The van der Waals surface area contributed by atoms with Crippen molar-refractivity contribution >= 4 is 23.4 Å². The van der Waals surface area contributed by atoms with Gasteiger partial charge in [0.05, 0.1) is 6.61 Å². The van der Waals surface area contributed by atoms with Crippen molar-refractivity contribution in [2.24, 2.45) is 0 Å². The van der Waals surface area contributed by atoms with E-state index in [0.29, 0.717) is 36.2 Å². The van der Waals surface area contributed by atoms with Gasteiger partial charge in [-0.1, -0.05) is 35.9 Å². The third-order valence-corrected chi connectivity index (χ3v) is 4.83. The van der Waals surface area contributed by atoms with Gasteiger partial charge in [-0.3, -0.25) is 4.79 Å². The van der Waals surface area contributed by atoms with E-state index in [0.717, 1.165) is 18.4 Å². The number of aliphatic hydroxyl groups excluding tert-OH is 1. The van der Waals surface area contributed by atoms with E-state index >= 15 is 0 Å². The number of rotatable bonds is 11. The number of ketones is 1. The Bertz CT molecular complexity index is 920.